The molecule has 0 radical (unpaired) electrons. The van der Waals surface area contributed by atoms with Gasteiger partial charge in [-0.2, -0.15) is 0 Å². The van der Waals surface area contributed by atoms with Gasteiger partial charge in [0.25, 0.3) is 0 Å². The molecule has 0 saturated heterocycles. The number of benzene rings is 1. The van der Waals surface area contributed by atoms with E-state index >= 15 is 0 Å². The van der Waals surface area contributed by atoms with Gasteiger partial charge in [-0.25, -0.2) is 0 Å². The third-order valence-electron chi connectivity index (χ3n) is 3.09. The Morgan fingerprint density at radius 2 is 2.30 bits per heavy atom. The molecule has 20 heavy (non-hydrogen) atoms. The summed E-state index contributed by atoms with van der Waals surface area (Å²) in [5, 5.41) is 6.24. The molecule has 3 rings (SSSR count). The van der Waals surface area contributed by atoms with Gasteiger partial charge in [-0.3, -0.25) is 4.79 Å². The lowest BCUT2D eigenvalue weighted by Gasteiger charge is -2.09. The van der Waals surface area contributed by atoms with Gasteiger partial charge in [-0.05, 0) is 31.2 Å². The van der Waals surface area contributed by atoms with Crippen LogP contribution >= 0.6 is 27.3 Å². The Bertz CT molecular complexity index is 790. The zero-order chi connectivity index (χ0) is 14.1. The zero-order valence-electron chi connectivity index (χ0n) is 10.8. The molecule has 2 N–H and O–H groups in total. The normalized spacial score (nSPS) is 12.9. The van der Waals surface area contributed by atoms with Crippen LogP contribution in [-0.4, -0.2) is 4.98 Å². The third-order valence-corrected chi connectivity index (χ3v) is 4.31. The Kier molecular flexibility index (Phi) is 3.78. The van der Waals surface area contributed by atoms with E-state index in [1.54, 1.807) is 0 Å². The summed E-state index contributed by atoms with van der Waals surface area (Å²) in [7, 11) is 0. The lowest BCUT2D eigenvalue weighted by molar-refractivity contribution is 0.449. The second-order valence-corrected chi connectivity index (χ2v) is 6.36. The summed E-state index contributed by atoms with van der Waals surface area (Å²) in [6.07, 6.45) is 0. The predicted octanol–water partition coefficient (Wildman–Crippen LogP) is 3.80. The smallest absolute Gasteiger partial charge is 0.304 e. The van der Waals surface area contributed by atoms with E-state index in [-0.39, 0.29) is 10.9 Å². The highest BCUT2D eigenvalue weighted by Gasteiger charge is 2.11. The monoisotopic (exact) mass is 352 g/mol. The Morgan fingerprint density at radius 3 is 3.05 bits per heavy atom. The van der Waals surface area contributed by atoms with Crippen molar-refractivity contribution in [3.05, 3.63) is 55.2 Å². The second-order valence-electron chi connectivity index (χ2n) is 4.61. The number of aromatic amines is 1. The first-order valence-corrected chi connectivity index (χ1v) is 7.88. The minimum Gasteiger partial charge on any atom is -0.459 e. The SMILES string of the molecule is CC(NCc1csc(=O)[nH]1)c1cc2cc(Br)ccc2o1. The van der Waals surface area contributed by atoms with E-state index in [2.05, 4.69) is 26.2 Å². The number of nitrogens with one attached hydrogen (secondary N) is 2. The molecule has 4 nitrogen and oxygen atoms in total. The standard InChI is InChI=1S/C14H13BrN2O2S/c1-8(16-6-11-7-20-14(18)17-11)13-5-9-4-10(15)2-3-12(9)19-13/h2-5,7-8,16H,6H2,1H3,(H,17,18). The van der Waals surface area contributed by atoms with Crippen LogP contribution in [0.2, 0.25) is 0 Å². The Balaban J connectivity index is 1.74. The molecule has 2 heterocycles. The van der Waals surface area contributed by atoms with E-state index in [0.29, 0.717) is 6.54 Å². The van der Waals surface area contributed by atoms with Crippen molar-refractivity contribution >= 4 is 38.2 Å². The molecular formula is C14H13BrN2O2S. The lowest BCUT2D eigenvalue weighted by Crippen LogP contribution is -2.18. The molecule has 0 bridgehead atoms. The molecule has 0 aliphatic rings. The number of fused-ring (bicyclic) bond motifs is 1. The van der Waals surface area contributed by atoms with Crippen molar-refractivity contribution in [3.8, 4) is 0 Å². The van der Waals surface area contributed by atoms with Crippen LogP contribution in [0.15, 0.2) is 43.3 Å². The van der Waals surface area contributed by atoms with E-state index in [1.165, 1.54) is 11.3 Å². The molecule has 104 valence electrons. The quantitative estimate of drug-likeness (QED) is 0.750. The number of hydrogen-bond donors (Lipinski definition) is 2. The van der Waals surface area contributed by atoms with Crippen molar-refractivity contribution in [1.29, 1.82) is 0 Å². The summed E-state index contributed by atoms with van der Waals surface area (Å²) in [6, 6.07) is 8.06. The fraction of sp³-hybridized carbons (Fsp3) is 0.214. The van der Waals surface area contributed by atoms with E-state index < -0.39 is 0 Å². The van der Waals surface area contributed by atoms with Gasteiger partial charge >= 0.3 is 4.87 Å². The van der Waals surface area contributed by atoms with Crippen LogP contribution in [0.5, 0.6) is 0 Å². The van der Waals surface area contributed by atoms with Crippen LogP contribution in [0.25, 0.3) is 11.0 Å². The summed E-state index contributed by atoms with van der Waals surface area (Å²) >= 11 is 4.63. The average Bonchev–Trinajstić information content (AvgIpc) is 3.01. The largest absolute Gasteiger partial charge is 0.459 e. The molecule has 0 aliphatic heterocycles. The summed E-state index contributed by atoms with van der Waals surface area (Å²) in [5.41, 5.74) is 1.77. The summed E-state index contributed by atoms with van der Waals surface area (Å²) < 4.78 is 6.86. The number of rotatable bonds is 4. The first-order valence-electron chi connectivity index (χ1n) is 6.21. The molecule has 3 aromatic rings. The maximum Gasteiger partial charge on any atom is 0.304 e. The summed E-state index contributed by atoms with van der Waals surface area (Å²) in [6.45, 7) is 2.65. The summed E-state index contributed by atoms with van der Waals surface area (Å²) in [5.74, 6) is 0.885. The number of hydrogen-bond acceptors (Lipinski definition) is 4. The van der Waals surface area contributed by atoms with Crippen molar-refractivity contribution in [1.82, 2.24) is 10.3 Å². The van der Waals surface area contributed by atoms with Gasteiger partial charge in [0.15, 0.2) is 0 Å². The molecule has 2 aromatic heterocycles. The molecular weight excluding hydrogens is 340 g/mol. The van der Waals surface area contributed by atoms with E-state index in [0.717, 1.165) is 26.9 Å². The Morgan fingerprint density at radius 1 is 1.45 bits per heavy atom. The number of thiazole rings is 1. The van der Waals surface area contributed by atoms with Crippen molar-refractivity contribution in [2.45, 2.75) is 19.5 Å². The first kappa shape index (κ1) is 13.6. The topological polar surface area (TPSA) is 58.0 Å². The van der Waals surface area contributed by atoms with Crippen LogP contribution in [0.4, 0.5) is 0 Å². The van der Waals surface area contributed by atoms with Gasteiger partial charge < -0.3 is 14.7 Å². The van der Waals surface area contributed by atoms with Gasteiger partial charge in [0.05, 0.1) is 6.04 Å². The second kappa shape index (κ2) is 5.55. The van der Waals surface area contributed by atoms with Crippen LogP contribution in [0.1, 0.15) is 24.4 Å². The molecule has 6 heteroatoms. The maximum absolute atomic E-state index is 11.1. The molecule has 1 aromatic carbocycles. The van der Waals surface area contributed by atoms with E-state index in [4.69, 9.17) is 4.42 Å². The van der Waals surface area contributed by atoms with Gasteiger partial charge in [0.1, 0.15) is 11.3 Å². The molecule has 1 unspecified atom stereocenters. The number of furan rings is 1. The van der Waals surface area contributed by atoms with Crippen molar-refractivity contribution in [2.75, 3.05) is 0 Å². The molecule has 0 fully saturated rings. The minimum atomic E-state index is -0.0250. The number of aromatic nitrogens is 1. The first-order chi connectivity index (χ1) is 9.61. The molecule has 0 saturated carbocycles. The zero-order valence-corrected chi connectivity index (χ0v) is 13.2. The van der Waals surface area contributed by atoms with Crippen LogP contribution in [-0.2, 0) is 6.54 Å². The average molecular weight is 353 g/mol. The Labute approximate surface area is 127 Å². The van der Waals surface area contributed by atoms with Gasteiger partial charge in [-0.15, -0.1) is 0 Å². The maximum atomic E-state index is 11.1. The molecule has 0 spiro atoms. The van der Waals surface area contributed by atoms with Crippen LogP contribution in [0, 0.1) is 0 Å². The minimum absolute atomic E-state index is 0.0250. The van der Waals surface area contributed by atoms with Crippen molar-refractivity contribution in [3.63, 3.8) is 0 Å². The molecule has 0 aliphatic carbocycles. The van der Waals surface area contributed by atoms with Gasteiger partial charge in [0, 0.05) is 27.5 Å². The number of halogens is 1. The Hall–Kier alpha value is -1.37. The van der Waals surface area contributed by atoms with Gasteiger partial charge in [-0.1, -0.05) is 27.3 Å². The van der Waals surface area contributed by atoms with E-state index in [1.807, 2.05) is 36.6 Å². The number of H-pyrrole nitrogens is 1. The highest BCUT2D eigenvalue weighted by Crippen LogP contribution is 2.26. The molecule has 1 atom stereocenters. The van der Waals surface area contributed by atoms with E-state index in [9.17, 15) is 4.79 Å². The molecule has 0 amide bonds. The third kappa shape index (κ3) is 2.87. The van der Waals surface area contributed by atoms with Crippen LogP contribution in [0.3, 0.4) is 0 Å². The van der Waals surface area contributed by atoms with Crippen molar-refractivity contribution < 1.29 is 4.42 Å². The fourth-order valence-corrected chi connectivity index (χ4v) is 2.97. The summed E-state index contributed by atoms with van der Waals surface area (Å²) in [4.78, 5) is 13.8. The van der Waals surface area contributed by atoms with Crippen LogP contribution < -0.4 is 10.2 Å². The fourth-order valence-electron chi connectivity index (χ4n) is 2.01. The van der Waals surface area contributed by atoms with Crippen molar-refractivity contribution in [2.24, 2.45) is 0 Å². The highest BCUT2D eigenvalue weighted by molar-refractivity contribution is 9.10. The predicted molar refractivity (Wildman–Crippen MR) is 84.1 cm³/mol. The highest BCUT2D eigenvalue weighted by atomic mass is 79.9. The van der Waals surface area contributed by atoms with Gasteiger partial charge in [0.2, 0.25) is 0 Å². The lowest BCUT2D eigenvalue weighted by atomic mass is 10.2.